The molecule has 0 saturated heterocycles. The third-order valence-corrected chi connectivity index (χ3v) is 5.04. The summed E-state index contributed by atoms with van der Waals surface area (Å²) in [4.78, 5) is 25.8. The molecule has 0 bridgehead atoms. The van der Waals surface area contributed by atoms with Gasteiger partial charge in [0.1, 0.15) is 5.75 Å². The maximum absolute atomic E-state index is 12.6. The average Bonchev–Trinajstić information content (AvgIpc) is 3.10. The zero-order valence-corrected chi connectivity index (χ0v) is 16.1. The van der Waals surface area contributed by atoms with Crippen LogP contribution in [0.1, 0.15) is 16.1 Å². The SMILES string of the molecule is COc1ccccc1NC(=O)c1cnc(Nc2nc3ccccc3s2)nc1C. The largest absolute Gasteiger partial charge is 0.495 e. The Hall–Kier alpha value is -3.52. The van der Waals surface area contributed by atoms with Crippen molar-refractivity contribution in [1.82, 2.24) is 15.0 Å². The van der Waals surface area contributed by atoms with Crippen LogP contribution in [-0.2, 0) is 0 Å². The van der Waals surface area contributed by atoms with E-state index in [9.17, 15) is 4.79 Å². The van der Waals surface area contributed by atoms with Crippen LogP contribution in [0.2, 0.25) is 0 Å². The summed E-state index contributed by atoms with van der Waals surface area (Å²) in [5, 5.41) is 6.63. The summed E-state index contributed by atoms with van der Waals surface area (Å²) in [6, 6.07) is 15.1. The van der Waals surface area contributed by atoms with E-state index in [-0.39, 0.29) is 5.91 Å². The first-order valence-corrected chi connectivity index (χ1v) is 9.36. The van der Waals surface area contributed by atoms with Gasteiger partial charge in [0.2, 0.25) is 5.95 Å². The summed E-state index contributed by atoms with van der Waals surface area (Å²) in [6.07, 6.45) is 1.50. The number of thiazole rings is 1. The topological polar surface area (TPSA) is 89.0 Å². The number of amides is 1. The Morgan fingerprint density at radius 1 is 1.07 bits per heavy atom. The second-order valence-corrected chi connectivity index (χ2v) is 6.99. The molecule has 2 N–H and O–H groups in total. The van der Waals surface area contributed by atoms with E-state index in [2.05, 4.69) is 25.6 Å². The molecule has 8 heteroatoms. The molecule has 4 rings (SSSR count). The van der Waals surface area contributed by atoms with Gasteiger partial charge in [0.15, 0.2) is 5.13 Å². The van der Waals surface area contributed by atoms with Crippen molar-refractivity contribution in [2.24, 2.45) is 0 Å². The highest BCUT2D eigenvalue weighted by Gasteiger charge is 2.14. The average molecular weight is 391 g/mol. The predicted molar refractivity (Wildman–Crippen MR) is 111 cm³/mol. The van der Waals surface area contributed by atoms with Crippen LogP contribution in [0.5, 0.6) is 5.75 Å². The lowest BCUT2D eigenvalue weighted by molar-refractivity contribution is 0.102. The summed E-state index contributed by atoms with van der Waals surface area (Å²) in [7, 11) is 1.56. The van der Waals surface area contributed by atoms with E-state index in [1.807, 2.05) is 36.4 Å². The van der Waals surface area contributed by atoms with Crippen LogP contribution in [0.25, 0.3) is 10.2 Å². The number of methoxy groups -OCH3 is 1. The number of carbonyl (C=O) groups is 1. The number of nitrogens with zero attached hydrogens (tertiary/aromatic N) is 3. The van der Waals surface area contributed by atoms with Crippen molar-refractivity contribution >= 4 is 44.2 Å². The molecular weight excluding hydrogens is 374 g/mol. The Balaban J connectivity index is 1.53. The molecule has 7 nitrogen and oxygen atoms in total. The van der Waals surface area contributed by atoms with Gasteiger partial charge in [-0.1, -0.05) is 35.6 Å². The minimum Gasteiger partial charge on any atom is -0.495 e. The lowest BCUT2D eigenvalue weighted by atomic mass is 10.2. The third kappa shape index (κ3) is 3.63. The Labute approximate surface area is 165 Å². The van der Waals surface area contributed by atoms with Gasteiger partial charge in [0.05, 0.1) is 34.3 Å². The van der Waals surface area contributed by atoms with Crippen LogP contribution in [0.3, 0.4) is 0 Å². The van der Waals surface area contributed by atoms with Gasteiger partial charge in [-0.05, 0) is 31.2 Å². The Morgan fingerprint density at radius 2 is 1.86 bits per heavy atom. The number of nitrogens with one attached hydrogen (secondary N) is 2. The highest BCUT2D eigenvalue weighted by molar-refractivity contribution is 7.22. The highest BCUT2D eigenvalue weighted by Crippen LogP contribution is 2.27. The number of hydrogen-bond donors (Lipinski definition) is 2. The Morgan fingerprint density at radius 3 is 2.64 bits per heavy atom. The second-order valence-electron chi connectivity index (χ2n) is 5.96. The van der Waals surface area contributed by atoms with Crippen LogP contribution in [0.15, 0.2) is 54.7 Å². The smallest absolute Gasteiger partial charge is 0.259 e. The van der Waals surface area contributed by atoms with Crippen LogP contribution in [0.4, 0.5) is 16.8 Å². The molecule has 0 fully saturated rings. The summed E-state index contributed by atoms with van der Waals surface area (Å²) in [6.45, 7) is 1.77. The number of fused-ring (bicyclic) bond motifs is 1. The molecule has 2 aromatic carbocycles. The van der Waals surface area contributed by atoms with Crippen LogP contribution in [-0.4, -0.2) is 28.0 Å². The van der Waals surface area contributed by atoms with E-state index in [1.165, 1.54) is 17.5 Å². The number of hydrogen-bond acceptors (Lipinski definition) is 7. The maximum atomic E-state index is 12.6. The van der Waals surface area contributed by atoms with Crippen molar-refractivity contribution in [3.8, 4) is 5.75 Å². The number of anilines is 3. The van der Waals surface area contributed by atoms with Gasteiger partial charge < -0.3 is 15.4 Å². The fourth-order valence-corrected chi connectivity index (χ4v) is 3.57. The van der Waals surface area contributed by atoms with Gasteiger partial charge in [-0.3, -0.25) is 4.79 Å². The zero-order chi connectivity index (χ0) is 19.5. The molecule has 140 valence electrons. The van der Waals surface area contributed by atoms with E-state index in [4.69, 9.17) is 4.74 Å². The lowest BCUT2D eigenvalue weighted by Gasteiger charge is -2.11. The molecular formula is C20H17N5O2S. The van der Waals surface area contributed by atoms with Crippen LogP contribution < -0.4 is 15.4 Å². The van der Waals surface area contributed by atoms with E-state index in [0.717, 1.165) is 10.2 Å². The monoisotopic (exact) mass is 391 g/mol. The van der Waals surface area contributed by atoms with Gasteiger partial charge in [0.25, 0.3) is 5.91 Å². The number of ether oxygens (including phenoxy) is 1. The first-order chi connectivity index (χ1) is 13.6. The molecule has 4 aromatic rings. The first kappa shape index (κ1) is 17.9. The number of benzene rings is 2. The summed E-state index contributed by atoms with van der Waals surface area (Å²) >= 11 is 1.52. The maximum Gasteiger partial charge on any atom is 0.259 e. The summed E-state index contributed by atoms with van der Waals surface area (Å²) in [5.41, 5.74) is 2.46. The molecule has 0 aliphatic carbocycles. The van der Waals surface area contributed by atoms with Crippen molar-refractivity contribution in [1.29, 1.82) is 0 Å². The van der Waals surface area contributed by atoms with Crippen molar-refractivity contribution in [3.63, 3.8) is 0 Å². The third-order valence-electron chi connectivity index (χ3n) is 4.09. The van der Waals surface area contributed by atoms with Crippen molar-refractivity contribution in [3.05, 3.63) is 66.0 Å². The molecule has 0 radical (unpaired) electrons. The van der Waals surface area contributed by atoms with Gasteiger partial charge >= 0.3 is 0 Å². The number of aryl methyl sites for hydroxylation is 1. The summed E-state index contributed by atoms with van der Waals surface area (Å²) in [5.74, 6) is 0.683. The quantitative estimate of drug-likeness (QED) is 0.524. The van der Waals surface area contributed by atoms with E-state index in [0.29, 0.717) is 33.8 Å². The van der Waals surface area contributed by atoms with E-state index >= 15 is 0 Å². The molecule has 0 aliphatic heterocycles. The number of aromatic nitrogens is 3. The number of rotatable bonds is 5. The molecule has 0 saturated carbocycles. The molecule has 0 unspecified atom stereocenters. The van der Waals surface area contributed by atoms with Crippen LogP contribution >= 0.6 is 11.3 Å². The molecule has 28 heavy (non-hydrogen) atoms. The minimum atomic E-state index is -0.298. The lowest BCUT2D eigenvalue weighted by Crippen LogP contribution is -2.15. The molecule has 2 heterocycles. The van der Waals surface area contributed by atoms with Gasteiger partial charge in [-0.15, -0.1) is 0 Å². The van der Waals surface area contributed by atoms with Gasteiger partial charge in [0, 0.05) is 6.20 Å². The van der Waals surface area contributed by atoms with E-state index in [1.54, 1.807) is 26.2 Å². The van der Waals surface area contributed by atoms with Gasteiger partial charge in [-0.25, -0.2) is 15.0 Å². The molecule has 0 aliphatic rings. The van der Waals surface area contributed by atoms with Crippen molar-refractivity contribution in [2.45, 2.75) is 6.92 Å². The normalized spacial score (nSPS) is 10.6. The standard InChI is InChI=1S/C20H17N5O2S/c1-12-13(18(26)23-14-7-3-5-9-16(14)27-2)11-21-19(22-12)25-20-24-15-8-4-6-10-17(15)28-20/h3-11H,1-2H3,(H,23,26)(H,21,22,24,25). The molecule has 1 amide bonds. The fourth-order valence-electron chi connectivity index (χ4n) is 2.71. The summed E-state index contributed by atoms with van der Waals surface area (Å²) < 4.78 is 6.34. The minimum absolute atomic E-state index is 0.298. The first-order valence-electron chi connectivity index (χ1n) is 8.54. The molecule has 2 aromatic heterocycles. The number of carbonyl (C=O) groups excluding carboxylic acids is 1. The Kier molecular flexibility index (Phi) is 4.86. The zero-order valence-electron chi connectivity index (χ0n) is 15.3. The highest BCUT2D eigenvalue weighted by atomic mass is 32.1. The predicted octanol–water partition coefficient (Wildman–Crippen LogP) is 4.40. The molecule has 0 atom stereocenters. The molecule has 0 spiro atoms. The van der Waals surface area contributed by atoms with Crippen LogP contribution in [0, 0.1) is 6.92 Å². The van der Waals surface area contributed by atoms with E-state index < -0.39 is 0 Å². The second kappa shape index (κ2) is 7.61. The fraction of sp³-hybridized carbons (Fsp3) is 0.100. The van der Waals surface area contributed by atoms with Gasteiger partial charge in [-0.2, -0.15) is 0 Å². The Bertz CT molecular complexity index is 1130. The number of para-hydroxylation sites is 3. The van der Waals surface area contributed by atoms with Crippen molar-refractivity contribution in [2.75, 3.05) is 17.7 Å². The van der Waals surface area contributed by atoms with Crippen molar-refractivity contribution < 1.29 is 9.53 Å².